The number of hydrogen-bond acceptors (Lipinski definition) is 5. The molecular formula is C18H22N4O5. The molecule has 0 spiro atoms. The molecule has 1 fully saturated rings. The van der Waals surface area contributed by atoms with Crippen molar-refractivity contribution in [1.29, 1.82) is 0 Å². The summed E-state index contributed by atoms with van der Waals surface area (Å²) in [5.41, 5.74) is 0.686. The molecule has 3 amide bonds. The van der Waals surface area contributed by atoms with Crippen molar-refractivity contribution >= 4 is 23.6 Å². The van der Waals surface area contributed by atoms with E-state index in [4.69, 9.17) is 9.15 Å². The number of anilines is 1. The van der Waals surface area contributed by atoms with Gasteiger partial charge in [0, 0.05) is 12.7 Å². The van der Waals surface area contributed by atoms with Gasteiger partial charge in [-0.3, -0.25) is 4.79 Å². The normalized spacial score (nSPS) is 16.2. The molecule has 2 aromatic heterocycles. The molecule has 1 atom stereocenters. The third-order valence-corrected chi connectivity index (χ3v) is 4.26. The minimum Gasteiger partial charge on any atom is -0.467 e. The zero-order valence-electron chi connectivity index (χ0n) is 15.0. The van der Waals surface area contributed by atoms with Gasteiger partial charge in [0.2, 0.25) is 5.91 Å². The van der Waals surface area contributed by atoms with Gasteiger partial charge < -0.3 is 29.7 Å². The van der Waals surface area contributed by atoms with E-state index in [2.05, 4.69) is 15.6 Å². The number of nitrogens with zero attached hydrogens (tertiary/aromatic N) is 1. The van der Waals surface area contributed by atoms with Crippen molar-refractivity contribution in [3.8, 4) is 0 Å². The van der Waals surface area contributed by atoms with Crippen molar-refractivity contribution in [2.45, 2.75) is 32.4 Å². The maximum atomic E-state index is 12.6. The summed E-state index contributed by atoms with van der Waals surface area (Å²) in [7, 11) is 0. The van der Waals surface area contributed by atoms with Crippen molar-refractivity contribution < 1.29 is 23.5 Å². The second kappa shape index (κ2) is 8.43. The van der Waals surface area contributed by atoms with E-state index in [1.807, 2.05) is 0 Å². The molecule has 0 bridgehead atoms. The number of urea groups is 1. The standard InChI is InChI=1S/C18H22N4O5/c1-2-26-17(24)14-9-12(10-19-14)21-18(25)22-7-3-6-15(22)16(23)20-11-13-5-4-8-27-13/h4-5,8-10,15,19H,2-3,6-7,11H2,1H3,(H,20,23)(H,21,25). The molecule has 0 aromatic carbocycles. The number of furan rings is 1. The van der Waals surface area contributed by atoms with Gasteiger partial charge in [0.25, 0.3) is 0 Å². The van der Waals surface area contributed by atoms with Gasteiger partial charge >= 0.3 is 12.0 Å². The molecule has 0 radical (unpaired) electrons. The predicted molar refractivity (Wildman–Crippen MR) is 96.1 cm³/mol. The van der Waals surface area contributed by atoms with Crippen molar-refractivity contribution in [2.75, 3.05) is 18.5 Å². The van der Waals surface area contributed by atoms with Crippen LogP contribution in [0.15, 0.2) is 35.1 Å². The Balaban J connectivity index is 1.56. The molecule has 0 saturated carbocycles. The molecule has 1 unspecified atom stereocenters. The van der Waals surface area contributed by atoms with Crippen molar-refractivity contribution in [1.82, 2.24) is 15.2 Å². The molecule has 0 aliphatic carbocycles. The highest BCUT2D eigenvalue weighted by atomic mass is 16.5. The van der Waals surface area contributed by atoms with Crippen molar-refractivity contribution in [3.63, 3.8) is 0 Å². The van der Waals surface area contributed by atoms with Crippen molar-refractivity contribution in [2.24, 2.45) is 0 Å². The first-order valence-electron chi connectivity index (χ1n) is 8.81. The first-order valence-corrected chi connectivity index (χ1v) is 8.81. The fraction of sp³-hybridized carbons (Fsp3) is 0.389. The minimum absolute atomic E-state index is 0.222. The van der Waals surface area contributed by atoms with Crippen LogP contribution < -0.4 is 10.6 Å². The summed E-state index contributed by atoms with van der Waals surface area (Å²) >= 11 is 0. The summed E-state index contributed by atoms with van der Waals surface area (Å²) in [6, 6.07) is 4.09. The van der Waals surface area contributed by atoms with E-state index in [1.165, 1.54) is 23.4 Å². The van der Waals surface area contributed by atoms with Crippen LogP contribution in [-0.2, 0) is 16.1 Å². The number of carbonyl (C=O) groups is 3. The van der Waals surface area contributed by atoms with E-state index in [0.717, 1.165) is 6.42 Å². The summed E-state index contributed by atoms with van der Waals surface area (Å²) in [4.78, 5) is 40.9. The first-order chi connectivity index (χ1) is 13.1. The predicted octanol–water partition coefficient (Wildman–Crippen LogP) is 2.10. The number of H-pyrrole nitrogens is 1. The number of aromatic nitrogens is 1. The molecule has 3 heterocycles. The van der Waals surface area contributed by atoms with Crippen LogP contribution in [0.1, 0.15) is 36.0 Å². The van der Waals surface area contributed by atoms with Gasteiger partial charge in [-0.05, 0) is 38.0 Å². The summed E-state index contributed by atoms with van der Waals surface area (Å²) in [5.74, 6) is -0.0640. The smallest absolute Gasteiger partial charge is 0.354 e. The number of ether oxygens (including phenoxy) is 1. The second-order valence-corrected chi connectivity index (χ2v) is 6.10. The van der Waals surface area contributed by atoms with Crippen LogP contribution in [0.4, 0.5) is 10.5 Å². The third-order valence-electron chi connectivity index (χ3n) is 4.26. The third kappa shape index (κ3) is 4.49. The molecule has 9 nitrogen and oxygen atoms in total. The average molecular weight is 374 g/mol. The Morgan fingerprint density at radius 1 is 1.41 bits per heavy atom. The average Bonchev–Trinajstić information content (AvgIpc) is 3.40. The van der Waals surface area contributed by atoms with Gasteiger partial charge in [0.05, 0.1) is 25.1 Å². The van der Waals surface area contributed by atoms with Gasteiger partial charge in [-0.2, -0.15) is 0 Å². The fourth-order valence-corrected chi connectivity index (χ4v) is 2.98. The molecule has 9 heteroatoms. The molecule has 2 aromatic rings. The fourth-order valence-electron chi connectivity index (χ4n) is 2.98. The van der Waals surface area contributed by atoms with Crippen LogP contribution in [0.25, 0.3) is 0 Å². The Morgan fingerprint density at radius 3 is 3.00 bits per heavy atom. The number of likely N-dealkylation sites (tertiary alicyclic amines) is 1. The van der Waals surface area contributed by atoms with E-state index in [1.54, 1.807) is 19.1 Å². The van der Waals surface area contributed by atoms with E-state index in [-0.39, 0.29) is 30.8 Å². The number of rotatable bonds is 6. The first kappa shape index (κ1) is 18.6. The molecular weight excluding hydrogens is 352 g/mol. The van der Waals surface area contributed by atoms with E-state index < -0.39 is 12.0 Å². The number of carbonyl (C=O) groups excluding carboxylic acids is 3. The quantitative estimate of drug-likeness (QED) is 0.670. The van der Waals surface area contributed by atoms with Gasteiger partial charge in [0.1, 0.15) is 17.5 Å². The van der Waals surface area contributed by atoms with E-state index in [0.29, 0.717) is 24.4 Å². The number of nitrogens with one attached hydrogen (secondary N) is 3. The van der Waals surface area contributed by atoms with Crippen LogP contribution in [0.3, 0.4) is 0 Å². The highest BCUT2D eigenvalue weighted by Gasteiger charge is 2.34. The number of aromatic amines is 1. The van der Waals surface area contributed by atoms with Crippen LogP contribution in [0.5, 0.6) is 0 Å². The lowest BCUT2D eigenvalue weighted by Crippen LogP contribution is -2.47. The summed E-state index contributed by atoms with van der Waals surface area (Å²) in [6.45, 7) is 2.74. The Bertz CT molecular complexity index is 799. The van der Waals surface area contributed by atoms with Gasteiger partial charge in [0.15, 0.2) is 0 Å². The topological polar surface area (TPSA) is 117 Å². The lowest BCUT2D eigenvalue weighted by molar-refractivity contribution is -0.124. The monoisotopic (exact) mass is 374 g/mol. The van der Waals surface area contributed by atoms with Crippen LogP contribution >= 0.6 is 0 Å². The summed E-state index contributed by atoms with van der Waals surface area (Å²) < 4.78 is 10.1. The Kier molecular flexibility index (Phi) is 5.80. The molecule has 3 N–H and O–H groups in total. The highest BCUT2D eigenvalue weighted by molar-refractivity contribution is 5.96. The Morgan fingerprint density at radius 2 is 2.26 bits per heavy atom. The molecule has 144 valence electrons. The Hall–Kier alpha value is -3.23. The highest BCUT2D eigenvalue weighted by Crippen LogP contribution is 2.20. The SMILES string of the molecule is CCOC(=O)c1cc(NC(=O)N2CCCC2C(=O)NCc2ccco2)c[nH]1. The largest absolute Gasteiger partial charge is 0.467 e. The van der Waals surface area contributed by atoms with Gasteiger partial charge in [-0.25, -0.2) is 9.59 Å². The van der Waals surface area contributed by atoms with Crippen LogP contribution in [0, 0.1) is 0 Å². The maximum Gasteiger partial charge on any atom is 0.354 e. The second-order valence-electron chi connectivity index (χ2n) is 6.10. The summed E-state index contributed by atoms with van der Waals surface area (Å²) in [6.07, 6.45) is 4.39. The molecule has 1 saturated heterocycles. The molecule has 1 aliphatic rings. The maximum absolute atomic E-state index is 12.6. The van der Waals surface area contributed by atoms with E-state index >= 15 is 0 Å². The zero-order chi connectivity index (χ0) is 19.2. The van der Waals surface area contributed by atoms with Gasteiger partial charge in [-0.15, -0.1) is 0 Å². The summed E-state index contributed by atoms with van der Waals surface area (Å²) in [5, 5.41) is 5.49. The number of esters is 1. The van der Waals surface area contributed by atoms with Crippen LogP contribution in [-0.4, -0.2) is 47.0 Å². The zero-order valence-corrected chi connectivity index (χ0v) is 15.0. The Labute approximate surface area is 156 Å². The molecule has 3 rings (SSSR count). The molecule has 27 heavy (non-hydrogen) atoms. The lowest BCUT2D eigenvalue weighted by atomic mass is 10.2. The van der Waals surface area contributed by atoms with Crippen molar-refractivity contribution in [3.05, 3.63) is 42.1 Å². The number of amides is 3. The van der Waals surface area contributed by atoms with Gasteiger partial charge in [-0.1, -0.05) is 0 Å². The van der Waals surface area contributed by atoms with Crippen LogP contribution in [0.2, 0.25) is 0 Å². The molecule has 1 aliphatic heterocycles. The van der Waals surface area contributed by atoms with E-state index in [9.17, 15) is 14.4 Å². The lowest BCUT2D eigenvalue weighted by Gasteiger charge is -2.23. The number of hydrogen-bond donors (Lipinski definition) is 3. The minimum atomic E-state index is -0.538.